The van der Waals surface area contributed by atoms with E-state index in [1.807, 2.05) is 0 Å². The fourth-order valence-corrected chi connectivity index (χ4v) is 0.884. The van der Waals surface area contributed by atoms with E-state index in [4.69, 9.17) is 1.37 Å². The lowest BCUT2D eigenvalue weighted by molar-refractivity contribution is 0.885. The molecule has 1 aliphatic rings. The normalized spacial score (nSPS) is 41.6. The smallest absolute Gasteiger partial charge is 0.0418 e. The highest BCUT2D eigenvalue weighted by atomic mass is 32.2. The number of nitrogens with one attached hydrogen (secondary N) is 1. The minimum Gasteiger partial charge on any atom is -0.307 e. The average molecular weight is 90.2 g/mol. The van der Waals surface area contributed by atoms with Crippen molar-refractivity contribution in [2.24, 2.45) is 0 Å². The molecule has 0 aromatic carbocycles. The monoisotopic (exact) mass is 90.0 g/mol. The SMILES string of the molecule is [2H]C1CNCS1. The van der Waals surface area contributed by atoms with Crippen LogP contribution >= 0.6 is 11.8 Å². The summed E-state index contributed by atoms with van der Waals surface area (Å²) in [4.78, 5) is 0. The Balaban J connectivity index is 2.18. The van der Waals surface area contributed by atoms with Crippen molar-refractivity contribution in [1.29, 1.82) is 0 Å². The lowest BCUT2D eigenvalue weighted by Crippen LogP contribution is -2.04. The molecule has 0 aliphatic carbocycles. The molecule has 0 amide bonds. The van der Waals surface area contributed by atoms with Gasteiger partial charge in [-0.1, -0.05) is 0 Å². The molecule has 0 spiro atoms. The number of thioether (sulfide) groups is 1. The van der Waals surface area contributed by atoms with Crippen LogP contribution < -0.4 is 5.32 Å². The van der Waals surface area contributed by atoms with Crippen LogP contribution in [-0.4, -0.2) is 18.2 Å². The number of rotatable bonds is 0. The Bertz CT molecular complexity index is 44.1. The molecule has 0 saturated carbocycles. The first kappa shape index (κ1) is 2.48. The third-order valence-electron chi connectivity index (χ3n) is 0.531. The third-order valence-corrected chi connectivity index (χ3v) is 1.30. The molecule has 1 rings (SSSR count). The van der Waals surface area contributed by atoms with Crippen molar-refractivity contribution in [2.45, 2.75) is 0 Å². The fraction of sp³-hybridized carbons (Fsp3) is 1.00. The summed E-state index contributed by atoms with van der Waals surface area (Å²) in [5, 5.41) is 3.05. The van der Waals surface area contributed by atoms with Crippen LogP contribution in [0.25, 0.3) is 0 Å². The molecule has 0 radical (unpaired) electrons. The largest absolute Gasteiger partial charge is 0.307 e. The zero-order valence-electron chi connectivity index (χ0n) is 3.90. The van der Waals surface area contributed by atoms with Crippen LogP contribution in [0.3, 0.4) is 0 Å². The lowest BCUT2D eigenvalue weighted by atomic mass is 10.8. The summed E-state index contributed by atoms with van der Waals surface area (Å²) in [6, 6.07) is 0. The van der Waals surface area contributed by atoms with Gasteiger partial charge in [0.05, 0.1) is 0 Å². The van der Waals surface area contributed by atoms with Crippen molar-refractivity contribution in [3.63, 3.8) is 0 Å². The van der Waals surface area contributed by atoms with Crippen LogP contribution in [0.1, 0.15) is 1.37 Å². The molecule has 1 N–H and O–H groups in total. The zero-order valence-corrected chi connectivity index (χ0v) is 3.72. The molecular weight excluding hydrogens is 82.1 g/mol. The van der Waals surface area contributed by atoms with Gasteiger partial charge in [-0.3, -0.25) is 0 Å². The van der Waals surface area contributed by atoms with Crippen molar-refractivity contribution in [2.75, 3.05) is 18.2 Å². The van der Waals surface area contributed by atoms with E-state index in [2.05, 4.69) is 5.32 Å². The summed E-state index contributed by atoms with van der Waals surface area (Å²) >= 11 is 1.65. The second-order valence-electron chi connectivity index (χ2n) is 0.932. The molecule has 1 unspecified atom stereocenters. The van der Waals surface area contributed by atoms with Gasteiger partial charge < -0.3 is 5.32 Å². The van der Waals surface area contributed by atoms with E-state index in [1.54, 1.807) is 11.8 Å². The highest BCUT2D eigenvalue weighted by molar-refractivity contribution is 7.99. The van der Waals surface area contributed by atoms with Gasteiger partial charge in [-0.15, -0.1) is 11.8 Å². The second kappa shape index (κ2) is 1.67. The van der Waals surface area contributed by atoms with Crippen molar-refractivity contribution < 1.29 is 1.37 Å². The highest BCUT2D eigenvalue weighted by Crippen LogP contribution is 1.99. The average Bonchev–Trinajstić information content (AvgIpc) is 1.86. The van der Waals surface area contributed by atoms with Crippen molar-refractivity contribution in [1.82, 2.24) is 5.32 Å². The van der Waals surface area contributed by atoms with Crippen LogP contribution in [0.5, 0.6) is 0 Å². The Kier molecular flexibility index (Phi) is 0.830. The Morgan fingerprint density at radius 3 is 3.20 bits per heavy atom. The van der Waals surface area contributed by atoms with Gasteiger partial charge in [0.2, 0.25) is 0 Å². The molecule has 1 saturated heterocycles. The predicted octanol–water partition coefficient (Wildman–Crippen LogP) is 0.280. The Morgan fingerprint density at radius 2 is 3.00 bits per heavy atom. The quantitative estimate of drug-likeness (QED) is 0.458. The van der Waals surface area contributed by atoms with Crippen molar-refractivity contribution in [3.8, 4) is 0 Å². The minimum absolute atomic E-state index is 0.102. The maximum atomic E-state index is 7.03. The van der Waals surface area contributed by atoms with E-state index in [-0.39, 0.29) is 5.73 Å². The molecule has 2 heteroatoms. The minimum atomic E-state index is 0.102. The third kappa shape index (κ3) is 0.816. The molecule has 30 valence electrons. The summed E-state index contributed by atoms with van der Waals surface area (Å²) in [7, 11) is 0. The lowest BCUT2D eigenvalue weighted by Gasteiger charge is -1.74. The standard InChI is InChI=1S/C3H7NS/c1-2-5-3-4-1/h4H,1-3H2/i2D. The highest BCUT2D eigenvalue weighted by Gasteiger charge is 1.93. The van der Waals surface area contributed by atoms with E-state index >= 15 is 0 Å². The van der Waals surface area contributed by atoms with Crippen molar-refractivity contribution >= 4 is 11.8 Å². The van der Waals surface area contributed by atoms with E-state index in [1.165, 1.54) is 0 Å². The van der Waals surface area contributed by atoms with Gasteiger partial charge in [0.15, 0.2) is 0 Å². The first-order valence-corrected chi connectivity index (χ1v) is 2.69. The molecule has 1 fully saturated rings. The van der Waals surface area contributed by atoms with Crippen molar-refractivity contribution in [3.05, 3.63) is 0 Å². The Morgan fingerprint density at radius 1 is 2.00 bits per heavy atom. The number of hydrogen-bond donors (Lipinski definition) is 1. The molecule has 0 aromatic rings. The molecule has 1 aliphatic heterocycles. The van der Waals surface area contributed by atoms with Gasteiger partial charge in [-0.2, -0.15) is 0 Å². The van der Waals surface area contributed by atoms with E-state index in [0.717, 1.165) is 12.4 Å². The van der Waals surface area contributed by atoms with Gasteiger partial charge in [0.25, 0.3) is 0 Å². The molecule has 1 nitrogen and oxygen atoms in total. The van der Waals surface area contributed by atoms with E-state index in [9.17, 15) is 0 Å². The Hall–Kier alpha value is 0.310. The van der Waals surface area contributed by atoms with Crippen LogP contribution in [0, 0.1) is 0 Å². The van der Waals surface area contributed by atoms with E-state index < -0.39 is 0 Å². The van der Waals surface area contributed by atoms with Gasteiger partial charge in [-0.25, -0.2) is 0 Å². The topological polar surface area (TPSA) is 12.0 Å². The van der Waals surface area contributed by atoms with Gasteiger partial charge in [0, 0.05) is 19.5 Å². The summed E-state index contributed by atoms with van der Waals surface area (Å²) in [6.45, 7) is 0.866. The van der Waals surface area contributed by atoms with Crippen LogP contribution in [0.2, 0.25) is 0 Å². The maximum absolute atomic E-state index is 7.03. The van der Waals surface area contributed by atoms with Crippen LogP contribution in [0.4, 0.5) is 0 Å². The van der Waals surface area contributed by atoms with Crippen LogP contribution in [0.15, 0.2) is 0 Å². The molecule has 0 bridgehead atoms. The molecule has 1 atom stereocenters. The maximum Gasteiger partial charge on any atom is 0.0418 e. The van der Waals surface area contributed by atoms with Gasteiger partial charge >= 0.3 is 0 Å². The summed E-state index contributed by atoms with van der Waals surface area (Å²) in [6.07, 6.45) is 0. The zero-order chi connectivity index (χ0) is 4.41. The molecule has 0 aromatic heterocycles. The summed E-state index contributed by atoms with van der Waals surface area (Å²) in [5.74, 6) is 0.966. The summed E-state index contributed by atoms with van der Waals surface area (Å²) < 4.78 is 7.03. The molecule has 1 heterocycles. The predicted molar refractivity (Wildman–Crippen MR) is 25.3 cm³/mol. The molecule has 5 heavy (non-hydrogen) atoms. The van der Waals surface area contributed by atoms with Gasteiger partial charge in [0.1, 0.15) is 0 Å². The van der Waals surface area contributed by atoms with Crippen LogP contribution in [-0.2, 0) is 0 Å². The number of hydrogen-bond acceptors (Lipinski definition) is 2. The first-order chi connectivity index (χ1) is 2.89. The van der Waals surface area contributed by atoms with E-state index in [0.29, 0.717) is 0 Å². The Labute approximate surface area is 37.5 Å². The summed E-state index contributed by atoms with van der Waals surface area (Å²) in [5.41, 5.74) is 0.102. The second-order valence-corrected chi connectivity index (χ2v) is 1.89. The van der Waals surface area contributed by atoms with Gasteiger partial charge in [-0.05, 0) is 0 Å². The fourth-order valence-electron chi connectivity index (χ4n) is 0.295. The first-order valence-electron chi connectivity index (χ1n) is 2.22. The molecular formula is C3H7NS.